The van der Waals surface area contributed by atoms with E-state index in [9.17, 15) is 14.3 Å². The van der Waals surface area contributed by atoms with Crippen molar-refractivity contribution < 1.29 is 32.8 Å². The van der Waals surface area contributed by atoms with Gasteiger partial charge in [-0.25, -0.2) is 4.57 Å². The summed E-state index contributed by atoms with van der Waals surface area (Å²) in [7, 11) is -4.28. The highest BCUT2D eigenvalue weighted by Gasteiger charge is 2.25. The standard InChI is InChI=1S/C50H98NO7P/c1-3-5-7-9-11-13-15-17-19-21-22-23-24-25-26-27-29-31-33-35-37-39-41-43-50(52)58-49(48-57-59(53,54)56-46-44-51)47-55-45-42-40-38-36-34-32-30-28-20-18-16-14-12-10-8-6-4-2/h14,16,20,28,49H,3-13,15,17-19,21-27,29-48,51H2,1-2H3,(H,53,54)/b16-14-,28-20-. The zero-order chi connectivity index (χ0) is 43.0. The molecule has 2 atom stereocenters. The highest BCUT2D eigenvalue weighted by atomic mass is 31.2. The molecule has 0 rings (SSSR count). The molecule has 2 unspecified atom stereocenters. The largest absolute Gasteiger partial charge is 0.472 e. The molecule has 0 radical (unpaired) electrons. The minimum Gasteiger partial charge on any atom is -0.457 e. The van der Waals surface area contributed by atoms with Crippen LogP contribution in [0, 0.1) is 0 Å². The van der Waals surface area contributed by atoms with Crippen molar-refractivity contribution in [2.75, 3.05) is 33.0 Å². The minimum absolute atomic E-state index is 0.0954. The van der Waals surface area contributed by atoms with Crippen LogP contribution in [0.2, 0.25) is 0 Å². The summed E-state index contributed by atoms with van der Waals surface area (Å²) < 4.78 is 33.6. The minimum atomic E-state index is -4.28. The molecule has 9 heteroatoms. The molecule has 0 saturated heterocycles. The van der Waals surface area contributed by atoms with Gasteiger partial charge in [0, 0.05) is 19.6 Å². The lowest BCUT2D eigenvalue weighted by molar-refractivity contribution is -0.154. The van der Waals surface area contributed by atoms with Crippen LogP contribution >= 0.6 is 7.82 Å². The molecule has 0 saturated carbocycles. The summed E-state index contributed by atoms with van der Waals surface area (Å²) in [5, 5.41) is 0. The molecule has 8 nitrogen and oxygen atoms in total. The Morgan fingerprint density at radius 1 is 0.508 bits per heavy atom. The molecule has 0 heterocycles. The molecule has 0 fully saturated rings. The molecular formula is C50H98NO7P. The van der Waals surface area contributed by atoms with Crippen LogP contribution in [0.5, 0.6) is 0 Å². The molecule has 3 N–H and O–H groups in total. The summed E-state index contributed by atoms with van der Waals surface area (Å²) >= 11 is 0. The van der Waals surface area contributed by atoms with E-state index in [-0.39, 0.29) is 32.3 Å². The Balaban J connectivity index is 3.91. The Bertz CT molecular complexity index is 962. The molecule has 0 amide bonds. The van der Waals surface area contributed by atoms with Gasteiger partial charge in [-0.1, -0.05) is 224 Å². The van der Waals surface area contributed by atoms with Gasteiger partial charge in [-0.2, -0.15) is 0 Å². The second kappa shape index (κ2) is 48.0. The Kier molecular flexibility index (Phi) is 47.2. The van der Waals surface area contributed by atoms with Crippen molar-refractivity contribution >= 4 is 13.8 Å². The SMILES string of the molecule is CCCCCC/C=C\C/C=C\CCCCCCCCOCC(COP(=O)(O)OCCN)OC(=O)CCCCCCCCCCCCCCCCCCCCCCCCC. The average Bonchev–Trinajstić information content (AvgIpc) is 3.23. The van der Waals surface area contributed by atoms with E-state index in [0.29, 0.717) is 13.0 Å². The number of hydrogen-bond donors (Lipinski definition) is 2. The van der Waals surface area contributed by atoms with Crippen LogP contribution in [0.1, 0.15) is 251 Å². The van der Waals surface area contributed by atoms with Gasteiger partial charge in [0.25, 0.3) is 0 Å². The molecule has 0 aliphatic carbocycles. The Labute approximate surface area is 366 Å². The fraction of sp³-hybridized carbons (Fsp3) is 0.900. The predicted octanol–water partition coefficient (Wildman–Crippen LogP) is 15.6. The van der Waals surface area contributed by atoms with Crippen LogP contribution in [0.3, 0.4) is 0 Å². The third-order valence-electron chi connectivity index (χ3n) is 11.1. The van der Waals surface area contributed by atoms with Gasteiger partial charge in [0.2, 0.25) is 0 Å². The third kappa shape index (κ3) is 47.9. The van der Waals surface area contributed by atoms with Crippen molar-refractivity contribution in [3.8, 4) is 0 Å². The second-order valence-corrected chi connectivity index (χ2v) is 18.5. The van der Waals surface area contributed by atoms with Crippen molar-refractivity contribution in [3.63, 3.8) is 0 Å². The van der Waals surface area contributed by atoms with Gasteiger partial charge >= 0.3 is 13.8 Å². The van der Waals surface area contributed by atoms with Crippen molar-refractivity contribution in [2.45, 2.75) is 258 Å². The first-order valence-corrected chi connectivity index (χ1v) is 26.8. The summed E-state index contributed by atoms with van der Waals surface area (Å²) in [6.07, 6.45) is 55.0. The number of phosphoric ester groups is 1. The maximum atomic E-state index is 12.6. The number of carbonyl (C=O) groups is 1. The molecule has 59 heavy (non-hydrogen) atoms. The summed E-state index contributed by atoms with van der Waals surface area (Å²) in [5.41, 5.74) is 5.39. The first kappa shape index (κ1) is 58.0. The van der Waals surface area contributed by atoms with Crippen LogP contribution in [-0.4, -0.2) is 49.9 Å². The third-order valence-corrected chi connectivity index (χ3v) is 12.1. The number of phosphoric acid groups is 1. The number of hydrogen-bond acceptors (Lipinski definition) is 7. The van der Waals surface area contributed by atoms with Gasteiger partial charge in [0.1, 0.15) is 6.10 Å². The quantitative estimate of drug-likeness (QED) is 0.0269. The Hall–Kier alpha value is -1.02. The highest BCUT2D eigenvalue weighted by Crippen LogP contribution is 2.43. The van der Waals surface area contributed by atoms with Crippen molar-refractivity contribution in [1.82, 2.24) is 0 Å². The average molecular weight is 856 g/mol. The number of esters is 1. The normalized spacial score (nSPS) is 13.5. The number of ether oxygens (including phenoxy) is 2. The number of nitrogens with two attached hydrogens (primary N) is 1. The van der Waals surface area contributed by atoms with E-state index in [1.165, 1.54) is 186 Å². The number of allylic oxidation sites excluding steroid dienone is 4. The fourth-order valence-electron chi connectivity index (χ4n) is 7.38. The molecule has 0 bridgehead atoms. The molecule has 0 aromatic carbocycles. The topological polar surface area (TPSA) is 117 Å². The van der Waals surface area contributed by atoms with Crippen LogP contribution in [0.4, 0.5) is 0 Å². The van der Waals surface area contributed by atoms with E-state index in [4.69, 9.17) is 24.3 Å². The fourth-order valence-corrected chi connectivity index (χ4v) is 8.15. The van der Waals surface area contributed by atoms with E-state index < -0.39 is 13.9 Å². The number of unbranched alkanes of at least 4 members (excludes halogenated alkanes) is 32. The Morgan fingerprint density at radius 2 is 0.898 bits per heavy atom. The lowest BCUT2D eigenvalue weighted by atomic mass is 10.0. The first-order chi connectivity index (χ1) is 28.9. The molecule has 0 aliphatic heterocycles. The van der Waals surface area contributed by atoms with Crippen LogP contribution in [0.25, 0.3) is 0 Å². The lowest BCUT2D eigenvalue weighted by Gasteiger charge is -2.20. The zero-order valence-electron chi connectivity index (χ0n) is 39.0. The summed E-state index contributed by atoms with van der Waals surface area (Å²) in [6.45, 7) is 4.93. The van der Waals surface area contributed by atoms with E-state index in [2.05, 4.69) is 38.2 Å². The zero-order valence-corrected chi connectivity index (χ0v) is 39.9. The van der Waals surface area contributed by atoms with E-state index in [1.54, 1.807) is 0 Å². The van der Waals surface area contributed by atoms with Crippen molar-refractivity contribution in [2.24, 2.45) is 5.73 Å². The maximum absolute atomic E-state index is 12.6. The van der Waals surface area contributed by atoms with Crippen molar-refractivity contribution in [1.29, 1.82) is 0 Å². The lowest BCUT2D eigenvalue weighted by Crippen LogP contribution is -2.28. The Morgan fingerprint density at radius 3 is 1.34 bits per heavy atom. The smallest absolute Gasteiger partial charge is 0.457 e. The summed E-state index contributed by atoms with van der Waals surface area (Å²) in [4.78, 5) is 22.6. The van der Waals surface area contributed by atoms with Gasteiger partial charge in [0.15, 0.2) is 0 Å². The molecule has 0 aromatic heterocycles. The molecule has 0 aromatic rings. The summed E-state index contributed by atoms with van der Waals surface area (Å²) in [6, 6.07) is 0. The second-order valence-electron chi connectivity index (χ2n) is 17.0. The molecular weight excluding hydrogens is 758 g/mol. The van der Waals surface area contributed by atoms with Gasteiger partial charge in [0.05, 0.1) is 19.8 Å². The maximum Gasteiger partial charge on any atom is 0.472 e. The van der Waals surface area contributed by atoms with Crippen LogP contribution in [0.15, 0.2) is 24.3 Å². The van der Waals surface area contributed by atoms with E-state index in [1.807, 2.05) is 0 Å². The van der Waals surface area contributed by atoms with Crippen molar-refractivity contribution in [3.05, 3.63) is 24.3 Å². The van der Waals surface area contributed by atoms with Gasteiger partial charge in [-0.05, 0) is 44.9 Å². The number of carbonyl (C=O) groups excluding carboxylic acids is 1. The van der Waals surface area contributed by atoms with Crippen LogP contribution < -0.4 is 5.73 Å². The molecule has 350 valence electrons. The van der Waals surface area contributed by atoms with E-state index in [0.717, 1.165) is 44.9 Å². The highest BCUT2D eigenvalue weighted by molar-refractivity contribution is 7.47. The summed E-state index contributed by atoms with van der Waals surface area (Å²) in [5.74, 6) is -0.328. The first-order valence-electron chi connectivity index (χ1n) is 25.3. The van der Waals surface area contributed by atoms with E-state index >= 15 is 0 Å². The predicted molar refractivity (Wildman–Crippen MR) is 252 cm³/mol. The molecule has 0 aliphatic rings. The van der Waals surface area contributed by atoms with Crippen LogP contribution in [-0.2, 0) is 27.9 Å². The monoisotopic (exact) mass is 856 g/mol. The van der Waals surface area contributed by atoms with Gasteiger partial charge in [-0.15, -0.1) is 0 Å². The van der Waals surface area contributed by atoms with Gasteiger partial charge < -0.3 is 20.1 Å². The number of rotatable bonds is 49. The van der Waals surface area contributed by atoms with Gasteiger partial charge in [-0.3, -0.25) is 13.8 Å². The molecule has 0 spiro atoms.